The highest BCUT2D eigenvalue weighted by molar-refractivity contribution is 7.89. The predicted octanol–water partition coefficient (Wildman–Crippen LogP) is 1.32. The van der Waals surface area contributed by atoms with Gasteiger partial charge in [0.2, 0.25) is 10.0 Å². The molecule has 1 aromatic rings. The molecule has 116 valence electrons. The van der Waals surface area contributed by atoms with E-state index < -0.39 is 10.0 Å². The average molecular weight is 309 g/mol. The van der Waals surface area contributed by atoms with Gasteiger partial charge >= 0.3 is 0 Å². The lowest BCUT2D eigenvalue weighted by Gasteiger charge is -2.26. The smallest absolute Gasteiger partial charge is 0.240 e. The largest absolute Gasteiger partial charge is 0.370 e. The molecule has 2 heterocycles. The summed E-state index contributed by atoms with van der Waals surface area (Å²) in [5.41, 5.74) is 1.11. The lowest BCUT2D eigenvalue weighted by atomic mass is 10.1. The molecule has 2 bridgehead atoms. The molecule has 2 aliphatic heterocycles. The molecule has 0 aromatic heterocycles. The van der Waals surface area contributed by atoms with Gasteiger partial charge in [-0.1, -0.05) is 6.92 Å². The fourth-order valence-electron chi connectivity index (χ4n) is 3.29. The summed E-state index contributed by atoms with van der Waals surface area (Å²) in [6, 6.07) is 8.47. The van der Waals surface area contributed by atoms with Crippen LogP contribution in [0.2, 0.25) is 0 Å². The Labute approximate surface area is 126 Å². The number of benzene rings is 1. The first-order valence-corrected chi connectivity index (χ1v) is 9.17. The summed E-state index contributed by atoms with van der Waals surface area (Å²) in [6.07, 6.45) is 3.69. The summed E-state index contributed by atoms with van der Waals surface area (Å²) in [7, 11) is -3.35. The van der Waals surface area contributed by atoms with Gasteiger partial charge in [-0.05, 0) is 43.5 Å². The van der Waals surface area contributed by atoms with Gasteiger partial charge in [0.05, 0.1) is 4.90 Å². The van der Waals surface area contributed by atoms with Gasteiger partial charge in [0.15, 0.2) is 0 Å². The summed E-state index contributed by atoms with van der Waals surface area (Å²) >= 11 is 0. The average Bonchev–Trinajstić information content (AvgIpc) is 2.78. The van der Waals surface area contributed by atoms with Crippen LogP contribution in [0.3, 0.4) is 0 Å². The molecule has 6 heteroatoms. The van der Waals surface area contributed by atoms with E-state index in [0.29, 0.717) is 23.5 Å². The third-order valence-corrected chi connectivity index (χ3v) is 5.93. The molecule has 2 unspecified atom stereocenters. The summed E-state index contributed by atoms with van der Waals surface area (Å²) in [4.78, 5) is 2.70. The Balaban J connectivity index is 1.75. The second-order valence-corrected chi connectivity index (χ2v) is 7.63. The molecule has 2 N–H and O–H groups in total. The number of hydrogen-bond donors (Lipinski definition) is 2. The monoisotopic (exact) mass is 309 g/mol. The quantitative estimate of drug-likeness (QED) is 0.880. The molecule has 0 saturated carbocycles. The Morgan fingerprint density at radius 1 is 1.19 bits per heavy atom. The predicted molar refractivity (Wildman–Crippen MR) is 84.1 cm³/mol. The standard InChI is InChI=1S/C15H23N3O2S/c1-2-16-21(19,20)15-7-5-14(6-8-15)18-10-9-12-3-4-13(11-18)17-12/h5-8,12-13,16-17H,2-4,9-11H2,1H3. The first-order valence-electron chi connectivity index (χ1n) is 7.69. The van der Waals surface area contributed by atoms with E-state index >= 15 is 0 Å². The molecule has 5 nitrogen and oxygen atoms in total. The van der Waals surface area contributed by atoms with Crippen molar-refractivity contribution in [3.63, 3.8) is 0 Å². The van der Waals surface area contributed by atoms with E-state index in [-0.39, 0.29) is 0 Å². The van der Waals surface area contributed by atoms with Crippen LogP contribution in [0.15, 0.2) is 29.2 Å². The summed E-state index contributed by atoms with van der Waals surface area (Å²) < 4.78 is 26.4. The van der Waals surface area contributed by atoms with Crippen LogP contribution < -0.4 is 14.9 Å². The summed E-state index contributed by atoms with van der Waals surface area (Å²) in [6.45, 7) is 4.24. The summed E-state index contributed by atoms with van der Waals surface area (Å²) in [5, 5.41) is 3.66. The molecule has 2 fully saturated rings. The fraction of sp³-hybridized carbons (Fsp3) is 0.600. The second kappa shape index (κ2) is 5.94. The zero-order chi connectivity index (χ0) is 14.9. The van der Waals surface area contributed by atoms with Crippen LogP contribution >= 0.6 is 0 Å². The molecule has 2 saturated heterocycles. The van der Waals surface area contributed by atoms with Crippen molar-refractivity contribution >= 4 is 15.7 Å². The van der Waals surface area contributed by atoms with Gasteiger partial charge in [0.25, 0.3) is 0 Å². The van der Waals surface area contributed by atoms with Gasteiger partial charge in [0, 0.05) is 37.4 Å². The van der Waals surface area contributed by atoms with E-state index in [9.17, 15) is 8.42 Å². The van der Waals surface area contributed by atoms with Crippen LogP contribution in [-0.4, -0.2) is 40.1 Å². The number of rotatable bonds is 4. The SMILES string of the molecule is CCNS(=O)(=O)c1ccc(N2CCC3CCC(C2)N3)cc1. The van der Waals surface area contributed by atoms with E-state index in [4.69, 9.17) is 0 Å². The van der Waals surface area contributed by atoms with E-state index in [1.165, 1.54) is 12.8 Å². The highest BCUT2D eigenvalue weighted by Gasteiger charge is 2.29. The molecular weight excluding hydrogens is 286 g/mol. The van der Waals surface area contributed by atoms with Crippen LogP contribution in [0, 0.1) is 0 Å². The number of fused-ring (bicyclic) bond motifs is 2. The van der Waals surface area contributed by atoms with Gasteiger partial charge in [-0.3, -0.25) is 0 Å². The highest BCUT2D eigenvalue weighted by Crippen LogP contribution is 2.25. The van der Waals surface area contributed by atoms with Crippen molar-refractivity contribution in [3.05, 3.63) is 24.3 Å². The third kappa shape index (κ3) is 3.22. The first kappa shape index (κ1) is 14.8. The van der Waals surface area contributed by atoms with Gasteiger partial charge in [-0.25, -0.2) is 13.1 Å². The molecule has 2 atom stereocenters. The van der Waals surface area contributed by atoms with Gasteiger partial charge in [-0.15, -0.1) is 0 Å². The minimum atomic E-state index is -3.35. The molecule has 1 aromatic carbocycles. The molecule has 0 amide bonds. The van der Waals surface area contributed by atoms with Crippen molar-refractivity contribution in [1.29, 1.82) is 0 Å². The Kier molecular flexibility index (Phi) is 4.19. The number of sulfonamides is 1. The Morgan fingerprint density at radius 2 is 1.90 bits per heavy atom. The molecular formula is C15H23N3O2S. The molecule has 2 aliphatic rings. The van der Waals surface area contributed by atoms with E-state index in [2.05, 4.69) is 14.9 Å². The number of nitrogens with zero attached hydrogens (tertiary/aromatic N) is 1. The Hall–Kier alpha value is -1.11. The third-order valence-electron chi connectivity index (χ3n) is 4.37. The van der Waals surface area contributed by atoms with Gasteiger partial charge in [-0.2, -0.15) is 0 Å². The van der Waals surface area contributed by atoms with Crippen molar-refractivity contribution in [2.24, 2.45) is 0 Å². The van der Waals surface area contributed by atoms with Crippen molar-refractivity contribution < 1.29 is 8.42 Å². The highest BCUT2D eigenvalue weighted by atomic mass is 32.2. The maximum Gasteiger partial charge on any atom is 0.240 e. The Morgan fingerprint density at radius 3 is 2.62 bits per heavy atom. The Bertz CT molecular complexity index is 585. The summed E-state index contributed by atoms with van der Waals surface area (Å²) in [5.74, 6) is 0. The number of hydrogen-bond acceptors (Lipinski definition) is 4. The van der Waals surface area contributed by atoms with Gasteiger partial charge < -0.3 is 10.2 Å². The molecule has 0 radical (unpaired) electrons. The van der Waals surface area contributed by atoms with Crippen LogP contribution in [0.25, 0.3) is 0 Å². The second-order valence-electron chi connectivity index (χ2n) is 5.87. The molecule has 0 aliphatic carbocycles. The van der Waals surface area contributed by atoms with Crippen molar-refractivity contribution in [1.82, 2.24) is 10.0 Å². The number of nitrogens with one attached hydrogen (secondary N) is 2. The van der Waals surface area contributed by atoms with Crippen LogP contribution in [0.4, 0.5) is 5.69 Å². The maximum atomic E-state index is 11.9. The first-order chi connectivity index (χ1) is 10.1. The minimum absolute atomic E-state index is 0.336. The van der Waals surface area contributed by atoms with E-state index in [1.807, 2.05) is 12.1 Å². The zero-order valence-corrected chi connectivity index (χ0v) is 13.2. The van der Waals surface area contributed by atoms with Crippen molar-refractivity contribution in [2.45, 2.75) is 43.2 Å². The van der Waals surface area contributed by atoms with Crippen molar-refractivity contribution in [3.8, 4) is 0 Å². The fourth-order valence-corrected chi connectivity index (χ4v) is 4.33. The number of anilines is 1. The minimum Gasteiger partial charge on any atom is -0.370 e. The molecule has 0 spiro atoms. The van der Waals surface area contributed by atoms with Crippen LogP contribution in [-0.2, 0) is 10.0 Å². The normalized spacial score (nSPS) is 25.9. The molecule has 3 rings (SSSR count). The van der Waals surface area contributed by atoms with E-state index in [1.54, 1.807) is 19.1 Å². The van der Waals surface area contributed by atoms with E-state index in [0.717, 1.165) is 25.2 Å². The maximum absolute atomic E-state index is 11.9. The zero-order valence-electron chi connectivity index (χ0n) is 12.4. The lowest BCUT2D eigenvalue weighted by molar-refractivity contribution is 0.563. The van der Waals surface area contributed by atoms with Crippen LogP contribution in [0.1, 0.15) is 26.2 Å². The van der Waals surface area contributed by atoms with Crippen LogP contribution in [0.5, 0.6) is 0 Å². The molecule has 21 heavy (non-hydrogen) atoms. The topological polar surface area (TPSA) is 61.4 Å². The lowest BCUT2D eigenvalue weighted by Crippen LogP contribution is -2.35. The van der Waals surface area contributed by atoms with Gasteiger partial charge in [0.1, 0.15) is 0 Å². The van der Waals surface area contributed by atoms with Crippen molar-refractivity contribution in [2.75, 3.05) is 24.5 Å².